The van der Waals surface area contributed by atoms with Crippen molar-refractivity contribution in [3.63, 3.8) is 0 Å². The van der Waals surface area contributed by atoms with Crippen molar-refractivity contribution in [1.29, 1.82) is 0 Å². The number of hydrogen-bond acceptors (Lipinski definition) is 8. The second-order valence-electron chi connectivity index (χ2n) is 14.2. The molecule has 12 nitrogen and oxygen atoms in total. The Morgan fingerprint density at radius 3 is 2.38 bits per heavy atom. The SMILES string of the molecule is COC(=O)C1CC(Oc2cc(-c3ccccc3)nc3cc(OC)ccc23)CN1C(=O)NC(C(=O)NCC(=O)NCC1CCCCC1)C(C)(C)C. The lowest BCUT2D eigenvalue weighted by molar-refractivity contribution is -0.145. The standard InChI is InChI=1S/C38H49N5O7/c1-38(2,3)34(35(45)40-22-33(44)39-21-24-12-8-6-9-13-24)42-37(47)43-23-27(19-31(43)36(46)49-5)50-32-20-29(25-14-10-7-11-15-25)41-30-18-26(48-4)16-17-28(30)32/h7,10-11,14-18,20,24,27,31,34H,6,8-9,12-13,19,21-23H2,1-5H3,(H,39,44)(H,40,45)(H,42,47). The molecule has 0 radical (unpaired) electrons. The highest BCUT2D eigenvalue weighted by Gasteiger charge is 2.44. The molecule has 5 rings (SSSR count). The fourth-order valence-corrected chi connectivity index (χ4v) is 6.67. The van der Waals surface area contributed by atoms with Crippen molar-refractivity contribution in [1.82, 2.24) is 25.8 Å². The summed E-state index contributed by atoms with van der Waals surface area (Å²) < 4.78 is 17.1. The third-order valence-electron chi connectivity index (χ3n) is 9.47. The van der Waals surface area contributed by atoms with E-state index < -0.39 is 41.5 Å². The third-order valence-corrected chi connectivity index (χ3v) is 9.47. The van der Waals surface area contributed by atoms with E-state index in [2.05, 4.69) is 16.0 Å². The zero-order valence-corrected chi connectivity index (χ0v) is 29.6. The quantitative estimate of drug-likeness (QED) is 0.243. The fourth-order valence-electron chi connectivity index (χ4n) is 6.67. The van der Waals surface area contributed by atoms with Gasteiger partial charge in [0.15, 0.2) is 0 Å². The molecular formula is C38H49N5O7. The summed E-state index contributed by atoms with van der Waals surface area (Å²) in [4.78, 5) is 59.0. The maximum atomic E-state index is 13.8. The molecule has 12 heteroatoms. The Bertz CT molecular complexity index is 1670. The predicted molar refractivity (Wildman–Crippen MR) is 190 cm³/mol. The third kappa shape index (κ3) is 9.02. The Morgan fingerprint density at radius 2 is 1.70 bits per heavy atom. The Kier molecular flexibility index (Phi) is 11.8. The van der Waals surface area contributed by atoms with E-state index in [-0.39, 0.29) is 25.4 Å². The lowest BCUT2D eigenvalue weighted by atomic mass is 9.86. The van der Waals surface area contributed by atoms with Gasteiger partial charge in [0.2, 0.25) is 11.8 Å². The zero-order valence-electron chi connectivity index (χ0n) is 29.6. The van der Waals surface area contributed by atoms with Gasteiger partial charge in [0.05, 0.1) is 38.5 Å². The van der Waals surface area contributed by atoms with Crippen molar-refractivity contribution in [3.8, 4) is 22.8 Å². The molecule has 0 spiro atoms. The van der Waals surface area contributed by atoms with Crippen LogP contribution in [0.5, 0.6) is 11.5 Å². The van der Waals surface area contributed by atoms with Gasteiger partial charge < -0.3 is 35.1 Å². The van der Waals surface area contributed by atoms with Gasteiger partial charge in [-0.2, -0.15) is 0 Å². The molecule has 1 aromatic heterocycles. The number of nitrogens with zero attached hydrogens (tertiary/aromatic N) is 2. The van der Waals surface area contributed by atoms with Gasteiger partial charge in [0.1, 0.15) is 29.7 Å². The van der Waals surface area contributed by atoms with Gasteiger partial charge in [-0.3, -0.25) is 9.59 Å². The first-order valence-corrected chi connectivity index (χ1v) is 17.4. The maximum Gasteiger partial charge on any atom is 0.328 e. The van der Waals surface area contributed by atoms with Crippen LogP contribution in [0, 0.1) is 11.3 Å². The highest BCUT2D eigenvalue weighted by atomic mass is 16.5. The number of benzene rings is 2. The van der Waals surface area contributed by atoms with E-state index >= 15 is 0 Å². The Balaban J connectivity index is 1.30. The first-order valence-electron chi connectivity index (χ1n) is 17.4. The van der Waals surface area contributed by atoms with E-state index in [0.717, 1.165) is 23.8 Å². The van der Waals surface area contributed by atoms with Crippen molar-refractivity contribution >= 4 is 34.7 Å². The molecule has 2 aromatic carbocycles. The number of fused-ring (bicyclic) bond motifs is 1. The van der Waals surface area contributed by atoms with E-state index in [9.17, 15) is 19.2 Å². The number of esters is 1. The van der Waals surface area contributed by atoms with Gasteiger partial charge in [-0.15, -0.1) is 0 Å². The number of aromatic nitrogens is 1. The molecule has 2 fully saturated rings. The maximum absolute atomic E-state index is 13.8. The number of amides is 4. The van der Waals surface area contributed by atoms with Gasteiger partial charge in [0.25, 0.3) is 0 Å². The minimum Gasteiger partial charge on any atom is -0.497 e. The molecule has 3 unspecified atom stereocenters. The summed E-state index contributed by atoms with van der Waals surface area (Å²) in [6, 6.07) is 14.5. The first kappa shape index (κ1) is 36.4. The molecule has 268 valence electrons. The van der Waals surface area contributed by atoms with Crippen LogP contribution in [-0.4, -0.2) is 85.7 Å². The summed E-state index contributed by atoms with van der Waals surface area (Å²) in [5.41, 5.74) is 1.55. The number of hydrogen-bond donors (Lipinski definition) is 3. The van der Waals surface area contributed by atoms with Crippen LogP contribution >= 0.6 is 0 Å². The number of urea groups is 1. The highest BCUT2D eigenvalue weighted by Crippen LogP contribution is 2.35. The molecule has 3 atom stereocenters. The average Bonchev–Trinajstić information content (AvgIpc) is 3.55. The van der Waals surface area contributed by atoms with E-state index in [1.807, 2.05) is 75.4 Å². The molecule has 1 saturated heterocycles. The van der Waals surface area contributed by atoms with Crippen LogP contribution in [0.3, 0.4) is 0 Å². The van der Waals surface area contributed by atoms with E-state index in [0.29, 0.717) is 35.2 Å². The minimum atomic E-state index is -0.994. The molecule has 1 saturated carbocycles. The van der Waals surface area contributed by atoms with Crippen LogP contribution in [0.25, 0.3) is 22.2 Å². The summed E-state index contributed by atoms with van der Waals surface area (Å²) in [6.45, 7) is 5.93. The van der Waals surface area contributed by atoms with Gasteiger partial charge >= 0.3 is 12.0 Å². The molecule has 2 heterocycles. The molecule has 3 aromatic rings. The molecule has 3 N–H and O–H groups in total. The molecule has 4 amide bonds. The van der Waals surface area contributed by atoms with Crippen molar-refractivity contribution in [2.24, 2.45) is 11.3 Å². The average molecular weight is 688 g/mol. The monoisotopic (exact) mass is 687 g/mol. The molecule has 1 aliphatic heterocycles. The lowest BCUT2D eigenvalue weighted by Gasteiger charge is -2.33. The van der Waals surface area contributed by atoms with Gasteiger partial charge in [-0.1, -0.05) is 70.4 Å². The number of methoxy groups -OCH3 is 2. The van der Waals surface area contributed by atoms with Crippen LogP contribution < -0.4 is 25.4 Å². The van der Waals surface area contributed by atoms with Gasteiger partial charge in [-0.05, 0) is 36.3 Å². The summed E-state index contributed by atoms with van der Waals surface area (Å²) in [5, 5.41) is 9.19. The van der Waals surface area contributed by atoms with Crippen LogP contribution in [-0.2, 0) is 19.1 Å². The van der Waals surface area contributed by atoms with Gasteiger partial charge in [0, 0.05) is 36.0 Å². The molecule has 0 bridgehead atoms. The molecular weight excluding hydrogens is 638 g/mol. The van der Waals surface area contributed by atoms with E-state index in [1.54, 1.807) is 7.11 Å². The zero-order chi connectivity index (χ0) is 35.8. The van der Waals surface area contributed by atoms with E-state index in [1.165, 1.54) is 31.3 Å². The summed E-state index contributed by atoms with van der Waals surface area (Å²) >= 11 is 0. The second-order valence-corrected chi connectivity index (χ2v) is 14.2. The van der Waals surface area contributed by atoms with Crippen molar-refractivity contribution < 1.29 is 33.4 Å². The van der Waals surface area contributed by atoms with Crippen LogP contribution in [0.2, 0.25) is 0 Å². The first-order chi connectivity index (χ1) is 24.0. The number of likely N-dealkylation sites (tertiary alicyclic amines) is 1. The van der Waals surface area contributed by atoms with E-state index in [4.69, 9.17) is 19.2 Å². The number of carbonyl (C=O) groups excluding carboxylic acids is 4. The predicted octanol–water partition coefficient (Wildman–Crippen LogP) is 4.84. The second kappa shape index (κ2) is 16.2. The van der Waals surface area contributed by atoms with Crippen molar-refractivity contribution in [2.45, 2.75) is 77.5 Å². The number of carbonyl (C=O) groups is 4. The number of ether oxygens (including phenoxy) is 3. The Morgan fingerprint density at radius 1 is 0.960 bits per heavy atom. The van der Waals surface area contributed by atoms with Crippen molar-refractivity contribution in [2.75, 3.05) is 33.9 Å². The normalized spacial score (nSPS) is 18.6. The smallest absolute Gasteiger partial charge is 0.328 e. The number of nitrogens with one attached hydrogen (secondary N) is 3. The Labute approximate surface area is 293 Å². The van der Waals surface area contributed by atoms with Crippen LogP contribution in [0.15, 0.2) is 54.6 Å². The van der Waals surface area contributed by atoms with Crippen molar-refractivity contribution in [3.05, 3.63) is 54.6 Å². The molecule has 2 aliphatic rings. The highest BCUT2D eigenvalue weighted by molar-refractivity contribution is 5.92. The topological polar surface area (TPSA) is 148 Å². The number of rotatable bonds is 11. The summed E-state index contributed by atoms with van der Waals surface area (Å²) in [7, 11) is 2.86. The molecule has 1 aliphatic carbocycles. The van der Waals surface area contributed by atoms with Crippen LogP contribution in [0.1, 0.15) is 59.3 Å². The van der Waals surface area contributed by atoms with Gasteiger partial charge in [-0.25, -0.2) is 14.6 Å². The Hall–Kier alpha value is -4.87. The van der Waals surface area contributed by atoms with Crippen LogP contribution in [0.4, 0.5) is 4.79 Å². The fraction of sp³-hybridized carbons (Fsp3) is 0.500. The summed E-state index contributed by atoms with van der Waals surface area (Å²) in [5.74, 6) is 0.298. The summed E-state index contributed by atoms with van der Waals surface area (Å²) in [6.07, 6.45) is 5.39. The lowest BCUT2D eigenvalue weighted by Crippen LogP contribution is -2.58. The largest absolute Gasteiger partial charge is 0.497 e. The minimum absolute atomic E-state index is 0.0638. The number of pyridine rings is 1. The molecule has 50 heavy (non-hydrogen) atoms.